The lowest BCUT2D eigenvalue weighted by Gasteiger charge is -2.23. The first-order valence-electron chi connectivity index (χ1n) is 5.61. The number of thiol groups is 1. The lowest BCUT2D eigenvalue weighted by molar-refractivity contribution is 0.0911. The van der Waals surface area contributed by atoms with Crippen LogP contribution in [0.5, 0.6) is 0 Å². The predicted molar refractivity (Wildman–Crippen MR) is 76.3 cm³/mol. The number of benzene rings is 1. The van der Waals surface area contributed by atoms with Crippen LogP contribution in [0, 0.1) is 5.82 Å². The fraction of sp³-hybridized carbons (Fsp3) is 0.231. The van der Waals surface area contributed by atoms with E-state index in [0.717, 1.165) is 5.01 Å². The molecule has 0 fully saturated rings. The summed E-state index contributed by atoms with van der Waals surface area (Å²) >= 11 is 5.44. The number of thiazole rings is 1. The molecule has 2 aromatic rings. The van der Waals surface area contributed by atoms with Gasteiger partial charge in [-0.2, -0.15) is 0 Å². The number of hydrogen-bond donors (Lipinski definition) is 2. The first kappa shape index (κ1) is 14.0. The highest BCUT2D eigenvalue weighted by atomic mass is 32.1. The van der Waals surface area contributed by atoms with E-state index in [0.29, 0.717) is 5.56 Å². The van der Waals surface area contributed by atoms with Crippen LogP contribution < -0.4 is 5.32 Å². The standard InChI is InChI=1S/C13H13FN2OS2/c1-13(2,12-15-5-6-19-12)16-11(17)8-3-4-9(14)10(18)7-8/h3-7,18H,1-2H3,(H,16,17). The summed E-state index contributed by atoms with van der Waals surface area (Å²) in [5.74, 6) is -0.727. The number of carbonyl (C=O) groups excluding carboxylic acids is 1. The second kappa shape index (κ2) is 5.30. The van der Waals surface area contributed by atoms with E-state index in [9.17, 15) is 9.18 Å². The molecule has 19 heavy (non-hydrogen) atoms. The Kier molecular flexibility index (Phi) is 3.91. The van der Waals surface area contributed by atoms with Gasteiger partial charge in [0, 0.05) is 22.0 Å². The number of nitrogens with zero attached hydrogens (tertiary/aromatic N) is 1. The molecule has 1 aromatic heterocycles. The number of nitrogens with one attached hydrogen (secondary N) is 1. The molecule has 0 aliphatic heterocycles. The Labute approximate surface area is 120 Å². The molecule has 2 rings (SSSR count). The van der Waals surface area contributed by atoms with E-state index in [-0.39, 0.29) is 10.8 Å². The van der Waals surface area contributed by atoms with Gasteiger partial charge in [0.15, 0.2) is 0 Å². The second-order valence-electron chi connectivity index (χ2n) is 4.58. The summed E-state index contributed by atoms with van der Waals surface area (Å²) in [7, 11) is 0. The summed E-state index contributed by atoms with van der Waals surface area (Å²) in [5.41, 5.74) is -0.202. The van der Waals surface area contributed by atoms with E-state index in [1.165, 1.54) is 29.5 Å². The van der Waals surface area contributed by atoms with Crippen LogP contribution in [0.3, 0.4) is 0 Å². The van der Waals surface area contributed by atoms with E-state index in [1.54, 1.807) is 6.20 Å². The van der Waals surface area contributed by atoms with Crippen LogP contribution in [0.25, 0.3) is 0 Å². The minimum absolute atomic E-state index is 0.153. The summed E-state index contributed by atoms with van der Waals surface area (Å²) < 4.78 is 13.1. The van der Waals surface area contributed by atoms with Crippen LogP contribution in [-0.2, 0) is 5.54 Å². The van der Waals surface area contributed by atoms with Crippen LogP contribution in [-0.4, -0.2) is 10.9 Å². The molecule has 0 aliphatic rings. The van der Waals surface area contributed by atoms with Crippen molar-refractivity contribution in [1.29, 1.82) is 0 Å². The van der Waals surface area contributed by atoms with Crippen LogP contribution >= 0.6 is 24.0 Å². The maximum atomic E-state index is 13.1. The van der Waals surface area contributed by atoms with Crippen molar-refractivity contribution < 1.29 is 9.18 Å². The maximum Gasteiger partial charge on any atom is 0.252 e. The van der Waals surface area contributed by atoms with E-state index in [2.05, 4.69) is 22.9 Å². The highest BCUT2D eigenvalue weighted by Crippen LogP contribution is 2.23. The first-order valence-corrected chi connectivity index (χ1v) is 6.94. The molecule has 0 unspecified atom stereocenters. The largest absolute Gasteiger partial charge is 0.341 e. The number of amides is 1. The third-order valence-corrected chi connectivity index (χ3v) is 4.04. The highest BCUT2D eigenvalue weighted by Gasteiger charge is 2.26. The second-order valence-corrected chi connectivity index (χ2v) is 5.96. The average molecular weight is 296 g/mol. The van der Waals surface area contributed by atoms with Crippen LogP contribution in [0.2, 0.25) is 0 Å². The van der Waals surface area contributed by atoms with Gasteiger partial charge in [0.25, 0.3) is 5.91 Å². The van der Waals surface area contributed by atoms with Gasteiger partial charge >= 0.3 is 0 Å². The van der Waals surface area contributed by atoms with Crippen molar-refractivity contribution in [2.75, 3.05) is 0 Å². The number of hydrogen-bond acceptors (Lipinski definition) is 4. The van der Waals surface area contributed by atoms with Gasteiger partial charge in [-0.05, 0) is 32.0 Å². The summed E-state index contributed by atoms with van der Waals surface area (Å²) in [6.07, 6.45) is 1.69. The zero-order valence-corrected chi connectivity index (χ0v) is 12.2. The molecule has 1 N–H and O–H groups in total. The van der Waals surface area contributed by atoms with Crippen molar-refractivity contribution in [2.45, 2.75) is 24.3 Å². The van der Waals surface area contributed by atoms with Gasteiger partial charge in [0.2, 0.25) is 0 Å². The monoisotopic (exact) mass is 296 g/mol. The molecular weight excluding hydrogens is 283 g/mol. The molecule has 0 aliphatic carbocycles. The zero-order valence-electron chi connectivity index (χ0n) is 10.5. The number of rotatable bonds is 3. The Balaban J connectivity index is 2.19. The lowest BCUT2D eigenvalue weighted by atomic mass is 10.1. The summed E-state index contributed by atoms with van der Waals surface area (Å²) in [4.78, 5) is 16.5. The fourth-order valence-corrected chi connectivity index (χ4v) is 2.53. The Morgan fingerprint density at radius 3 is 2.79 bits per heavy atom. The van der Waals surface area contributed by atoms with Gasteiger partial charge in [-0.25, -0.2) is 9.37 Å². The topological polar surface area (TPSA) is 42.0 Å². The molecular formula is C13H13FN2OS2. The Bertz CT molecular complexity index is 597. The van der Waals surface area contributed by atoms with Gasteiger partial charge in [0.1, 0.15) is 10.8 Å². The summed E-state index contributed by atoms with van der Waals surface area (Å²) in [6.45, 7) is 3.74. The van der Waals surface area contributed by atoms with Crippen molar-refractivity contribution in [3.8, 4) is 0 Å². The number of halogens is 1. The van der Waals surface area contributed by atoms with Crippen molar-refractivity contribution in [3.05, 3.63) is 46.2 Å². The van der Waals surface area contributed by atoms with Crippen LogP contribution in [0.15, 0.2) is 34.7 Å². The smallest absolute Gasteiger partial charge is 0.252 e. The zero-order chi connectivity index (χ0) is 14.0. The van der Waals surface area contributed by atoms with Gasteiger partial charge in [-0.15, -0.1) is 24.0 Å². The molecule has 0 spiro atoms. The van der Waals surface area contributed by atoms with Gasteiger partial charge < -0.3 is 5.32 Å². The molecule has 0 radical (unpaired) electrons. The summed E-state index contributed by atoms with van der Waals surface area (Å²) in [6, 6.07) is 4.07. The van der Waals surface area contributed by atoms with Crippen molar-refractivity contribution >= 4 is 29.9 Å². The summed E-state index contributed by atoms with van der Waals surface area (Å²) in [5, 5.41) is 5.54. The first-order chi connectivity index (χ1) is 8.90. The fourth-order valence-electron chi connectivity index (χ4n) is 1.60. The Hall–Kier alpha value is -1.40. The van der Waals surface area contributed by atoms with Crippen molar-refractivity contribution in [2.24, 2.45) is 0 Å². The van der Waals surface area contributed by atoms with Crippen molar-refractivity contribution in [3.63, 3.8) is 0 Å². The molecule has 1 amide bonds. The Morgan fingerprint density at radius 1 is 1.47 bits per heavy atom. The number of aromatic nitrogens is 1. The average Bonchev–Trinajstić information content (AvgIpc) is 2.86. The van der Waals surface area contributed by atoms with Crippen LogP contribution in [0.1, 0.15) is 29.2 Å². The van der Waals surface area contributed by atoms with E-state index >= 15 is 0 Å². The molecule has 1 heterocycles. The van der Waals surface area contributed by atoms with Crippen LogP contribution in [0.4, 0.5) is 4.39 Å². The normalized spacial score (nSPS) is 11.4. The molecule has 0 saturated carbocycles. The molecule has 0 bridgehead atoms. The van der Waals surface area contributed by atoms with Gasteiger partial charge in [0.05, 0.1) is 5.54 Å². The van der Waals surface area contributed by atoms with E-state index in [1.807, 2.05) is 19.2 Å². The third kappa shape index (κ3) is 3.13. The molecule has 0 saturated heterocycles. The predicted octanol–water partition coefficient (Wildman–Crippen LogP) is 3.24. The SMILES string of the molecule is CC(C)(NC(=O)c1ccc(F)c(S)c1)c1nccs1. The third-order valence-electron chi connectivity index (χ3n) is 2.60. The van der Waals surface area contributed by atoms with Gasteiger partial charge in [-0.3, -0.25) is 4.79 Å². The van der Waals surface area contributed by atoms with Crippen molar-refractivity contribution in [1.82, 2.24) is 10.3 Å². The molecule has 3 nitrogen and oxygen atoms in total. The number of carbonyl (C=O) groups is 1. The molecule has 1 aromatic carbocycles. The quantitative estimate of drug-likeness (QED) is 0.854. The Morgan fingerprint density at radius 2 is 2.21 bits per heavy atom. The molecule has 100 valence electrons. The molecule has 6 heteroatoms. The van der Waals surface area contributed by atoms with E-state index < -0.39 is 11.4 Å². The lowest BCUT2D eigenvalue weighted by Crippen LogP contribution is -2.40. The van der Waals surface area contributed by atoms with E-state index in [4.69, 9.17) is 0 Å². The highest BCUT2D eigenvalue weighted by molar-refractivity contribution is 7.80. The van der Waals surface area contributed by atoms with Gasteiger partial charge in [-0.1, -0.05) is 0 Å². The molecule has 0 atom stereocenters. The minimum Gasteiger partial charge on any atom is -0.341 e. The minimum atomic E-state index is -0.573. The maximum absolute atomic E-state index is 13.1.